The molecule has 0 unspecified atom stereocenters. The van der Waals surface area contributed by atoms with E-state index < -0.39 is 6.61 Å². The highest BCUT2D eigenvalue weighted by molar-refractivity contribution is 6.01. The molecule has 0 aliphatic heterocycles. The third-order valence-corrected chi connectivity index (χ3v) is 2.54. The monoisotopic (exact) mass is 231 g/mol. The zero-order valence-corrected chi connectivity index (χ0v) is 9.71. The van der Waals surface area contributed by atoms with Gasteiger partial charge in [0.15, 0.2) is 0 Å². The highest BCUT2D eigenvalue weighted by Gasteiger charge is 2.17. The standard InChI is InChI=1S/C12H13N3O2/c1-8-3-4-13-10(5-8)9-6-14-15(2)12(9)11(17)7-16/h3-6,16H,7H2,1-2H3. The normalized spacial score (nSPS) is 10.5. The number of hydrogen-bond acceptors (Lipinski definition) is 4. The molecule has 0 saturated carbocycles. The molecule has 5 nitrogen and oxygen atoms in total. The molecule has 0 bridgehead atoms. The molecule has 0 spiro atoms. The number of ketones is 1. The lowest BCUT2D eigenvalue weighted by Crippen LogP contribution is -2.11. The molecule has 0 fully saturated rings. The van der Waals surface area contributed by atoms with E-state index in [0.29, 0.717) is 17.0 Å². The summed E-state index contributed by atoms with van der Waals surface area (Å²) in [7, 11) is 1.67. The molecule has 0 saturated heterocycles. The van der Waals surface area contributed by atoms with Crippen LogP contribution < -0.4 is 0 Å². The Morgan fingerprint density at radius 2 is 2.29 bits per heavy atom. The number of nitrogens with zero attached hydrogens (tertiary/aromatic N) is 3. The fourth-order valence-corrected chi connectivity index (χ4v) is 1.71. The Morgan fingerprint density at radius 1 is 1.53 bits per heavy atom. The second-order valence-corrected chi connectivity index (χ2v) is 3.83. The number of aliphatic hydroxyl groups is 1. The number of carbonyl (C=O) groups excluding carboxylic acids is 1. The third kappa shape index (κ3) is 2.09. The largest absolute Gasteiger partial charge is 0.388 e. The second kappa shape index (κ2) is 4.47. The Labute approximate surface area is 98.7 Å². The van der Waals surface area contributed by atoms with Crippen molar-refractivity contribution in [3.63, 3.8) is 0 Å². The van der Waals surface area contributed by atoms with Gasteiger partial charge in [0.05, 0.1) is 11.9 Å². The van der Waals surface area contributed by atoms with Gasteiger partial charge in [-0.25, -0.2) is 0 Å². The van der Waals surface area contributed by atoms with Gasteiger partial charge in [-0.2, -0.15) is 5.10 Å². The smallest absolute Gasteiger partial charge is 0.206 e. The minimum absolute atomic E-state index is 0.358. The molecule has 17 heavy (non-hydrogen) atoms. The summed E-state index contributed by atoms with van der Waals surface area (Å²) in [6.07, 6.45) is 3.27. The Morgan fingerprint density at radius 3 is 2.94 bits per heavy atom. The molecule has 2 aromatic heterocycles. The molecular formula is C12H13N3O2. The van der Waals surface area contributed by atoms with E-state index in [-0.39, 0.29) is 5.78 Å². The van der Waals surface area contributed by atoms with Crippen LogP contribution in [0.4, 0.5) is 0 Å². The lowest BCUT2D eigenvalue weighted by Gasteiger charge is -2.03. The fraction of sp³-hybridized carbons (Fsp3) is 0.250. The van der Waals surface area contributed by atoms with Crippen molar-refractivity contribution in [1.82, 2.24) is 14.8 Å². The quantitative estimate of drug-likeness (QED) is 0.799. The van der Waals surface area contributed by atoms with Gasteiger partial charge in [0.1, 0.15) is 12.3 Å². The Bertz CT molecular complexity index is 561. The van der Waals surface area contributed by atoms with Crippen molar-refractivity contribution in [3.05, 3.63) is 35.8 Å². The van der Waals surface area contributed by atoms with E-state index in [1.54, 1.807) is 19.4 Å². The van der Waals surface area contributed by atoms with E-state index in [1.807, 2.05) is 19.1 Å². The van der Waals surface area contributed by atoms with Gasteiger partial charge in [0.25, 0.3) is 0 Å². The Kier molecular flexibility index (Phi) is 3.01. The number of aromatic nitrogens is 3. The topological polar surface area (TPSA) is 68.0 Å². The lowest BCUT2D eigenvalue weighted by molar-refractivity contribution is 0.0895. The first-order chi connectivity index (χ1) is 8.13. The molecule has 0 amide bonds. The Hall–Kier alpha value is -2.01. The zero-order chi connectivity index (χ0) is 12.4. The molecule has 5 heteroatoms. The summed E-state index contributed by atoms with van der Waals surface area (Å²) in [4.78, 5) is 15.8. The van der Waals surface area contributed by atoms with E-state index >= 15 is 0 Å². The van der Waals surface area contributed by atoms with Crippen LogP contribution in [0.25, 0.3) is 11.3 Å². The molecular weight excluding hydrogens is 218 g/mol. The van der Waals surface area contributed by atoms with Crippen molar-refractivity contribution < 1.29 is 9.90 Å². The van der Waals surface area contributed by atoms with Gasteiger partial charge >= 0.3 is 0 Å². The van der Waals surface area contributed by atoms with Crippen molar-refractivity contribution >= 4 is 5.78 Å². The summed E-state index contributed by atoms with van der Waals surface area (Å²) < 4.78 is 1.46. The molecule has 88 valence electrons. The van der Waals surface area contributed by atoms with Gasteiger partial charge < -0.3 is 5.11 Å². The summed E-state index contributed by atoms with van der Waals surface area (Å²) in [6, 6.07) is 3.76. The van der Waals surface area contributed by atoms with Crippen LogP contribution in [0.2, 0.25) is 0 Å². The molecule has 2 aromatic rings. The average Bonchev–Trinajstić information content (AvgIpc) is 2.70. The molecule has 2 heterocycles. The first kappa shape index (κ1) is 11.5. The average molecular weight is 231 g/mol. The highest BCUT2D eigenvalue weighted by atomic mass is 16.3. The molecule has 0 aliphatic carbocycles. The first-order valence-electron chi connectivity index (χ1n) is 5.22. The van der Waals surface area contributed by atoms with Gasteiger partial charge in [0.2, 0.25) is 5.78 Å². The van der Waals surface area contributed by atoms with E-state index in [1.165, 1.54) is 4.68 Å². The van der Waals surface area contributed by atoms with E-state index in [0.717, 1.165) is 5.56 Å². The van der Waals surface area contributed by atoms with E-state index in [4.69, 9.17) is 5.11 Å². The summed E-state index contributed by atoms with van der Waals surface area (Å²) >= 11 is 0. The Balaban J connectivity index is 2.57. The van der Waals surface area contributed by atoms with Crippen molar-refractivity contribution in [2.45, 2.75) is 6.92 Å². The highest BCUT2D eigenvalue weighted by Crippen LogP contribution is 2.22. The molecule has 0 aliphatic rings. The molecule has 1 N–H and O–H groups in total. The predicted molar refractivity (Wildman–Crippen MR) is 62.6 cm³/mol. The first-order valence-corrected chi connectivity index (χ1v) is 5.22. The van der Waals surface area contributed by atoms with Crippen LogP contribution >= 0.6 is 0 Å². The maximum absolute atomic E-state index is 11.6. The van der Waals surface area contributed by atoms with Crippen molar-refractivity contribution in [3.8, 4) is 11.3 Å². The summed E-state index contributed by atoms with van der Waals surface area (Å²) in [5, 5.41) is 13.0. The van der Waals surface area contributed by atoms with Gasteiger partial charge in [-0.15, -0.1) is 0 Å². The van der Waals surface area contributed by atoms with Gasteiger partial charge in [-0.05, 0) is 24.6 Å². The number of rotatable bonds is 3. The predicted octanol–water partition coefficient (Wildman–Crippen LogP) is 0.966. The maximum Gasteiger partial charge on any atom is 0.206 e. The van der Waals surface area contributed by atoms with Crippen LogP contribution in [0.15, 0.2) is 24.5 Å². The molecule has 2 rings (SSSR count). The van der Waals surface area contributed by atoms with Gasteiger partial charge in [-0.3, -0.25) is 14.5 Å². The molecule has 0 aromatic carbocycles. The van der Waals surface area contributed by atoms with Crippen LogP contribution in [0, 0.1) is 6.92 Å². The van der Waals surface area contributed by atoms with Crippen molar-refractivity contribution in [1.29, 1.82) is 0 Å². The minimum Gasteiger partial charge on any atom is -0.388 e. The van der Waals surface area contributed by atoms with Crippen LogP contribution in [-0.2, 0) is 7.05 Å². The van der Waals surface area contributed by atoms with Crippen molar-refractivity contribution in [2.24, 2.45) is 7.05 Å². The van der Waals surface area contributed by atoms with Crippen LogP contribution in [-0.4, -0.2) is 32.3 Å². The second-order valence-electron chi connectivity index (χ2n) is 3.83. The number of pyridine rings is 1. The molecule has 0 radical (unpaired) electrons. The zero-order valence-electron chi connectivity index (χ0n) is 9.71. The van der Waals surface area contributed by atoms with Gasteiger partial charge in [-0.1, -0.05) is 0 Å². The van der Waals surface area contributed by atoms with Crippen LogP contribution in [0.5, 0.6) is 0 Å². The number of carbonyl (C=O) groups is 1. The summed E-state index contributed by atoms with van der Waals surface area (Å²) in [6.45, 7) is 1.42. The molecule has 0 atom stereocenters. The van der Waals surface area contributed by atoms with E-state index in [9.17, 15) is 4.79 Å². The fourth-order valence-electron chi connectivity index (χ4n) is 1.71. The van der Waals surface area contributed by atoms with E-state index in [2.05, 4.69) is 10.1 Å². The van der Waals surface area contributed by atoms with Crippen molar-refractivity contribution in [2.75, 3.05) is 6.61 Å². The van der Waals surface area contributed by atoms with Gasteiger partial charge in [0, 0.05) is 18.8 Å². The number of Topliss-reactive ketones (excluding diaryl/α,β-unsaturated/α-hetero) is 1. The van der Waals surface area contributed by atoms with Crippen LogP contribution in [0.3, 0.4) is 0 Å². The van der Waals surface area contributed by atoms with Crippen LogP contribution in [0.1, 0.15) is 16.1 Å². The number of aliphatic hydroxyl groups excluding tert-OH is 1. The minimum atomic E-state index is -0.529. The number of hydrogen-bond donors (Lipinski definition) is 1. The number of aryl methyl sites for hydroxylation is 2. The SMILES string of the molecule is Cc1ccnc(-c2cnn(C)c2C(=O)CO)c1. The summed E-state index contributed by atoms with van der Waals surface area (Å²) in [5.41, 5.74) is 2.78. The maximum atomic E-state index is 11.6. The summed E-state index contributed by atoms with van der Waals surface area (Å²) in [5.74, 6) is -0.358. The third-order valence-electron chi connectivity index (χ3n) is 2.54. The lowest BCUT2D eigenvalue weighted by atomic mass is 10.1.